The van der Waals surface area contributed by atoms with Crippen molar-refractivity contribution in [3.63, 3.8) is 0 Å². The number of fused-ring (bicyclic) bond motifs is 4. The number of carbonyl (C=O) groups excluding carboxylic acids is 2. The van der Waals surface area contributed by atoms with Crippen LogP contribution in [0.4, 0.5) is 21.0 Å². The van der Waals surface area contributed by atoms with Gasteiger partial charge in [-0.25, -0.2) is 19.5 Å². The molecular formula is C44H50N6O9. The van der Waals surface area contributed by atoms with Gasteiger partial charge in [-0.15, -0.1) is 0 Å². The number of aliphatic hydroxyl groups is 1. The van der Waals surface area contributed by atoms with E-state index in [9.17, 15) is 29.9 Å². The highest BCUT2D eigenvalue weighted by molar-refractivity contribution is 6.03. The molecule has 59 heavy (non-hydrogen) atoms. The largest absolute Gasteiger partial charge is 0.504 e. The van der Waals surface area contributed by atoms with Crippen molar-refractivity contribution >= 4 is 40.4 Å². The number of aromatic hydroxyl groups is 1. The highest BCUT2D eigenvalue weighted by atomic mass is 16.6. The summed E-state index contributed by atoms with van der Waals surface area (Å²) in [5.74, 6) is 0.960. The van der Waals surface area contributed by atoms with E-state index >= 15 is 0 Å². The van der Waals surface area contributed by atoms with Crippen molar-refractivity contribution in [1.82, 2.24) is 20.1 Å². The van der Waals surface area contributed by atoms with Crippen molar-refractivity contribution in [2.45, 2.75) is 115 Å². The molecule has 4 atom stereocenters. The molecule has 2 amide bonds. The van der Waals surface area contributed by atoms with E-state index in [0.29, 0.717) is 42.2 Å². The number of nitrogens with zero attached hydrogens (tertiary/aromatic N) is 4. The highest BCUT2D eigenvalue weighted by Crippen LogP contribution is 2.69. The molecule has 1 aromatic heterocycles. The predicted octanol–water partition coefficient (Wildman–Crippen LogP) is 7.43. The fourth-order valence-electron chi connectivity index (χ4n) is 9.80. The number of aliphatic imine (C=N–C) groups is 1. The Hall–Kier alpha value is -5.67. The number of amides is 2. The van der Waals surface area contributed by atoms with Crippen LogP contribution in [-0.4, -0.2) is 84.0 Å². The minimum Gasteiger partial charge on any atom is -0.504 e. The van der Waals surface area contributed by atoms with Crippen molar-refractivity contribution < 1.29 is 38.9 Å². The SMILES string of the molecule is CC(C)(C)OC(=O)NC(=Nc1ccc2[nH]c3c(c2c1)C[C@@]1(O)[C@H]2Cc4ccc(O)c5c4[C@@]1(CCN2CC1CC1)[C@H]3O5)N(Cc1ccc([N+](=O)[O-])cc1)C(=O)OC(C)(C)C. The summed E-state index contributed by atoms with van der Waals surface area (Å²) in [4.78, 5) is 50.4. The van der Waals surface area contributed by atoms with Gasteiger partial charge in [0.1, 0.15) is 11.2 Å². The lowest BCUT2D eigenvalue weighted by Gasteiger charge is -2.62. The summed E-state index contributed by atoms with van der Waals surface area (Å²) in [5.41, 5.74) is 1.55. The highest BCUT2D eigenvalue weighted by Gasteiger charge is 2.73. The molecule has 5 aliphatic rings. The molecule has 310 valence electrons. The minimum atomic E-state index is -1.21. The number of phenols is 1. The van der Waals surface area contributed by atoms with Gasteiger partial charge in [-0.3, -0.25) is 20.3 Å². The summed E-state index contributed by atoms with van der Waals surface area (Å²) in [7, 11) is 0. The molecular weight excluding hydrogens is 757 g/mol. The Morgan fingerprint density at radius 2 is 1.80 bits per heavy atom. The first-order valence-electron chi connectivity index (χ1n) is 20.3. The van der Waals surface area contributed by atoms with Crippen molar-refractivity contribution in [1.29, 1.82) is 0 Å². The molecule has 3 heterocycles. The van der Waals surface area contributed by atoms with Gasteiger partial charge in [-0.05, 0) is 121 Å². The molecule has 4 N–H and O–H groups in total. The standard InChI is InChI=1S/C44H50N6O9/c1-41(2,3)58-39(52)47-38(49(40(53)59-42(4,5)6)23-25-9-13-28(14-10-25)50(55)56)45-27-12-15-31-29(20-27)30-21-44(54)33-19-26-11-16-32(51)36-34(26)43(44,37(57-36)35(30)46-31)17-18-48(33)22-24-7-8-24/h9-16,20,24,33,37,46,51,54H,7-8,17-19,21-23H2,1-6H3,(H,45,47,52)/t33-,37+,43+,44-/m1/s1. The van der Waals surface area contributed by atoms with Crippen LogP contribution in [0.2, 0.25) is 0 Å². The van der Waals surface area contributed by atoms with Gasteiger partial charge in [0.05, 0.1) is 33.9 Å². The number of aromatic nitrogens is 1. The number of H-pyrrole nitrogens is 1. The van der Waals surface area contributed by atoms with Crippen molar-refractivity contribution in [3.05, 3.63) is 92.7 Å². The molecule has 2 fully saturated rings. The molecule has 2 aliphatic heterocycles. The van der Waals surface area contributed by atoms with E-state index in [1.807, 2.05) is 18.2 Å². The van der Waals surface area contributed by atoms with Crippen LogP contribution < -0.4 is 10.1 Å². The first kappa shape index (κ1) is 38.8. The van der Waals surface area contributed by atoms with E-state index in [1.165, 1.54) is 37.1 Å². The van der Waals surface area contributed by atoms with Gasteiger partial charge in [0.15, 0.2) is 17.6 Å². The summed E-state index contributed by atoms with van der Waals surface area (Å²) < 4.78 is 18.2. The van der Waals surface area contributed by atoms with E-state index in [2.05, 4.69) is 15.2 Å². The summed E-state index contributed by atoms with van der Waals surface area (Å²) in [6, 6.07) is 14.7. The lowest BCUT2D eigenvalue weighted by atomic mass is 9.49. The summed E-state index contributed by atoms with van der Waals surface area (Å²) in [6.45, 7) is 11.9. The predicted molar refractivity (Wildman–Crippen MR) is 218 cm³/mol. The van der Waals surface area contributed by atoms with Crippen molar-refractivity contribution in [2.75, 3.05) is 13.1 Å². The number of likely N-dealkylation sites (tertiary alicyclic amines) is 1. The zero-order valence-corrected chi connectivity index (χ0v) is 34.1. The Morgan fingerprint density at radius 3 is 2.47 bits per heavy atom. The number of benzene rings is 3. The van der Waals surface area contributed by atoms with Gasteiger partial charge in [0.2, 0.25) is 5.96 Å². The lowest BCUT2D eigenvalue weighted by Crippen LogP contribution is -2.74. The van der Waals surface area contributed by atoms with Crippen LogP contribution in [0.3, 0.4) is 0 Å². The Balaban J connectivity index is 1.15. The Kier molecular flexibility index (Phi) is 8.84. The second-order valence-corrected chi connectivity index (χ2v) is 18.7. The smallest absolute Gasteiger partial charge is 0.417 e. The van der Waals surface area contributed by atoms with Crippen LogP contribution >= 0.6 is 0 Å². The maximum absolute atomic E-state index is 14.0. The van der Waals surface area contributed by atoms with Gasteiger partial charge in [0, 0.05) is 47.6 Å². The van der Waals surface area contributed by atoms with Crippen molar-refractivity contribution in [2.24, 2.45) is 10.9 Å². The quantitative estimate of drug-likeness (QED) is 0.0659. The second kappa shape index (κ2) is 13.4. The van der Waals surface area contributed by atoms with E-state index in [-0.39, 0.29) is 30.0 Å². The summed E-state index contributed by atoms with van der Waals surface area (Å²) >= 11 is 0. The van der Waals surface area contributed by atoms with Gasteiger partial charge >= 0.3 is 12.2 Å². The number of aromatic amines is 1. The van der Waals surface area contributed by atoms with Crippen LogP contribution in [0, 0.1) is 16.0 Å². The molecule has 0 unspecified atom stereocenters. The fourth-order valence-corrected chi connectivity index (χ4v) is 9.80. The summed E-state index contributed by atoms with van der Waals surface area (Å²) in [6.07, 6.45) is 1.81. The lowest BCUT2D eigenvalue weighted by molar-refractivity contribution is -0.384. The Morgan fingerprint density at radius 1 is 1.07 bits per heavy atom. The molecule has 3 aliphatic carbocycles. The number of guanidine groups is 1. The minimum absolute atomic E-state index is 0.0660. The van der Waals surface area contributed by atoms with Crippen molar-refractivity contribution in [3.8, 4) is 11.5 Å². The molecule has 1 saturated heterocycles. The third-order valence-corrected chi connectivity index (χ3v) is 12.3. The number of nitro benzene ring substituents is 1. The molecule has 0 radical (unpaired) electrons. The van der Waals surface area contributed by atoms with Crippen LogP contribution in [0.5, 0.6) is 11.5 Å². The number of alkyl carbamates (subject to hydrolysis) is 1. The monoisotopic (exact) mass is 806 g/mol. The molecule has 15 nitrogen and oxygen atoms in total. The number of nitrogens with one attached hydrogen (secondary N) is 2. The number of hydrogen-bond donors (Lipinski definition) is 4. The van der Waals surface area contributed by atoms with Gasteiger partial charge in [-0.2, -0.15) is 0 Å². The van der Waals surface area contributed by atoms with Crippen LogP contribution in [0.1, 0.15) is 94.9 Å². The first-order valence-corrected chi connectivity index (χ1v) is 20.3. The van der Waals surface area contributed by atoms with Gasteiger partial charge in [-0.1, -0.05) is 18.2 Å². The Labute approximate surface area is 341 Å². The molecule has 15 heteroatoms. The number of rotatable bonds is 6. The molecule has 1 spiro atoms. The number of hydrogen-bond acceptors (Lipinski definition) is 11. The maximum atomic E-state index is 14.0. The number of carbonyl (C=O) groups is 2. The molecule has 2 bridgehead atoms. The normalized spacial score (nSPS) is 24.5. The molecule has 1 saturated carbocycles. The van der Waals surface area contributed by atoms with E-state index in [0.717, 1.165) is 51.3 Å². The topological polar surface area (TPSA) is 192 Å². The molecule has 9 rings (SSSR count). The zero-order valence-electron chi connectivity index (χ0n) is 34.1. The Bertz CT molecular complexity index is 2430. The molecule has 3 aromatic carbocycles. The second-order valence-electron chi connectivity index (χ2n) is 18.7. The van der Waals surface area contributed by atoms with Gasteiger partial charge < -0.3 is 29.4 Å². The van der Waals surface area contributed by atoms with Crippen LogP contribution in [-0.2, 0) is 34.3 Å². The molecule has 4 aromatic rings. The van der Waals surface area contributed by atoms with E-state index in [4.69, 9.17) is 19.2 Å². The van der Waals surface area contributed by atoms with E-state index < -0.39 is 45.4 Å². The average molecular weight is 807 g/mol. The maximum Gasteiger partial charge on any atom is 0.417 e. The number of nitro groups is 1. The third kappa shape index (κ3) is 6.64. The fraction of sp³-hybridized carbons (Fsp3) is 0.477. The summed E-state index contributed by atoms with van der Waals surface area (Å²) in [5, 5.41) is 39.3. The average Bonchev–Trinajstić information content (AvgIpc) is 3.79. The number of phenolic OH excluding ortho intramolecular Hbond substituents is 1. The van der Waals surface area contributed by atoms with Crippen LogP contribution in [0.15, 0.2) is 59.6 Å². The van der Waals surface area contributed by atoms with E-state index in [1.54, 1.807) is 53.7 Å². The number of ether oxygens (including phenoxy) is 3. The van der Waals surface area contributed by atoms with Gasteiger partial charge in [0.25, 0.3) is 5.69 Å². The first-order chi connectivity index (χ1) is 27.8. The van der Waals surface area contributed by atoms with Crippen LogP contribution in [0.25, 0.3) is 10.9 Å². The third-order valence-electron chi connectivity index (χ3n) is 12.3. The zero-order chi connectivity index (χ0) is 41.8. The number of piperidine rings is 1. The number of non-ortho nitro benzene ring substituents is 1.